The summed E-state index contributed by atoms with van der Waals surface area (Å²) in [5, 5.41) is 0. The molecule has 0 radical (unpaired) electrons. The molecule has 2 aliphatic heterocycles. The lowest BCUT2D eigenvalue weighted by Crippen LogP contribution is -2.48. The van der Waals surface area contributed by atoms with Gasteiger partial charge in [-0.2, -0.15) is 0 Å². The van der Waals surface area contributed by atoms with Gasteiger partial charge in [0.05, 0.1) is 13.5 Å². The van der Waals surface area contributed by atoms with E-state index < -0.39 is 0 Å². The van der Waals surface area contributed by atoms with Crippen molar-refractivity contribution in [1.82, 2.24) is 9.80 Å². The van der Waals surface area contributed by atoms with Gasteiger partial charge < -0.3 is 14.5 Å². The van der Waals surface area contributed by atoms with E-state index in [0.717, 1.165) is 38.0 Å². The number of likely N-dealkylation sites (N-methyl/N-ethyl adjacent to an activating group) is 1. The van der Waals surface area contributed by atoms with E-state index in [4.69, 9.17) is 4.74 Å². The lowest BCUT2D eigenvalue weighted by atomic mass is 9.92. The Morgan fingerprint density at radius 1 is 1.22 bits per heavy atom. The van der Waals surface area contributed by atoms with Gasteiger partial charge in [-0.1, -0.05) is 18.2 Å². The summed E-state index contributed by atoms with van der Waals surface area (Å²) < 4.78 is 4.74. The number of likely N-dealkylation sites (tertiary alicyclic amines) is 2. The highest BCUT2D eigenvalue weighted by atomic mass is 16.5. The molecular formula is C18H24N2O3. The van der Waals surface area contributed by atoms with Gasteiger partial charge in [0.15, 0.2) is 0 Å². The van der Waals surface area contributed by atoms with Gasteiger partial charge in [0.2, 0.25) is 0 Å². The Balaban J connectivity index is 1.82. The molecule has 1 amide bonds. The number of hydrogen-bond acceptors (Lipinski definition) is 4. The molecule has 0 unspecified atom stereocenters. The predicted octanol–water partition coefficient (Wildman–Crippen LogP) is 1.57. The van der Waals surface area contributed by atoms with E-state index in [0.29, 0.717) is 17.5 Å². The first-order valence-corrected chi connectivity index (χ1v) is 8.24. The molecule has 0 bridgehead atoms. The van der Waals surface area contributed by atoms with Crippen LogP contribution in [0.1, 0.15) is 28.8 Å². The molecule has 1 aromatic rings. The molecular weight excluding hydrogens is 292 g/mol. The van der Waals surface area contributed by atoms with E-state index in [-0.39, 0.29) is 18.3 Å². The minimum Gasteiger partial charge on any atom is -0.469 e. The van der Waals surface area contributed by atoms with Crippen molar-refractivity contribution in [1.29, 1.82) is 0 Å². The maximum Gasteiger partial charge on any atom is 0.310 e. The van der Waals surface area contributed by atoms with Crippen LogP contribution < -0.4 is 0 Å². The number of amides is 1. The van der Waals surface area contributed by atoms with Crippen molar-refractivity contribution in [2.24, 2.45) is 5.92 Å². The van der Waals surface area contributed by atoms with E-state index in [1.54, 1.807) is 0 Å². The molecule has 23 heavy (non-hydrogen) atoms. The number of nitrogens with zero attached hydrogens (tertiary/aromatic N) is 2. The van der Waals surface area contributed by atoms with E-state index in [1.807, 2.05) is 29.2 Å². The lowest BCUT2D eigenvalue weighted by molar-refractivity contribution is -0.139. The van der Waals surface area contributed by atoms with Gasteiger partial charge in [-0.05, 0) is 44.0 Å². The average Bonchev–Trinajstić information content (AvgIpc) is 2.97. The van der Waals surface area contributed by atoms with E-state index in [1.165, 1.54) is 7.11 Å². The number of fused-ring (bicyclic) bond motifs is 1. The average molecular weight is 316 g/mol. The number of methoxy groups -OCH3 is 1. The van der Waals surface area contributed by atoms with Crippen molar-refractivity contribution < 1.29 is 14.3 Å². The minimum absolute atomic E-state index is 0.0484. The molecule has 0 spiro atoms. The fraction of sp³-hybridized carbons (Fsp3) is 0.556. The highest BCUT2D eigenvalue weighted by Gasteiger charge is 2.40. The van der Waals surface area contributed by atoms with E-state index in [9.17, 15) is 9.59 Å². The molecule has 2 atom stereocenters. The fourth-order valence-corrected chi connectivity index (χ4v) is 3.82. The van der Waals surface area contributed by atoms with Gasteiger partial charge >= 0.3 is 5.97 Å². The van der Waals surface area contributed by atoms with Gasteiger partial charge in [0.25, 0.3) is 5.91 Å². The Labute approximate surface area is 137 Å². The number of carbonyl (C=O) groups excluding carboxylic acids is 2. The number of rotatable bonds is 3. The molecule has 2 fully saturated rings. The third kappa shape index (κ3) is 3.24. The van der Waals surface area contributed by atoms with E-state index in [2.05, 4.69) is 11.9 Å². The Kier molecular flexibility index (Phi) is 4.66. The summed E-state index contributed by atoms with van der Waals surface area (Å²) in [6.45, 7) is 2.87. The van der Waals surface area contributed by atoms with E-state index >= 15 is 0 Å². The number of hydrogen-bond donors (Lipinski definition) is 0. The summed E-state index contributed by atoms with van der Waals surface area (Å²) in [4.78, 5) is 29.0. The second-order valence-corrected chi connectivity index (χ2v) is 6.58. The van der Waals surface area contributed by atoms with Crippen molar-refractivity contribution in [3.8, 4) is 0 Å². The van der Waals surface area contributed by atoms with Crippen molar-refractivity contribution in [3.63, 3.8) is 0 Å². The molecule has 5 heteroatoms. The number of piperidine rings is 1. The molecule has 2 aliphatic rings. The minimum atomic E-state index is -0.318. The largest absolute Gasteiger partial charge is 0.469 e. The molecule has 2 heterocycles. The molecule has 0 aliphatic carbocycles. The standard InChI is InChI=1S/C18H24N2O3/c1-19-9-7-13-8-10-20(16(13)12-19)18(22)15-6-4-3-5-14(15)11-17(21)23-2/h3-6,13,16H,7-12H2,1-2H3/t13-,16+/m1/s1. The number of benzene rings is 1. The number of esters is 1. The molecule has 1 aromatic carbocycles. The molecule has 124 valence electrons. The predicted molar refractivity (Wildman–Crippen MR) is 87.2 cm³/mol. The second kappa shape index (κ2) is 6.71. The topological polar surface area (TPSA) is 49.9 Å². The normalized spacial score (nSPS) is 24.3. The Morgan fingerprint density at radius 2 is 1.96 bits per heavy atom. The van der Waals surface area contributed by atoms with Gasteiger partial charge in [0, 0.05) is 24.7 Å². The summed E-state index contributed by atoms with van der Waals surface area (Å²) in [6.07, 6.45) is 2.39. The Bertz CT molecular complexity index is 602. The zero-order chi connectivity index (χ0) is 16.4. The smallest absolute Gasteiger partial charge is 0.310 e. The van der Waals surface area contributed by atoms with Crippen LogP contribution in [-0.4, -0.2) is 61.5 Å². The van der Waals surface area contributed by atoms with Crippen LogP contribution in [0.4, 0.5) is 0 Å². The van der Waals surface area contributed by atoms with Crippen molar-refractivity contribution in [2.45, 2.75) is 25.3 Å². The maximum absolute atomic E-state index is 13.1. The van der Waals surface area contributed by atoms with Crippen molar-refractivity contribution in [3.05, 3.63) is 35.4 Å². The van der Waals surface area contributed by atoms with Crippen LogP contribution in [0, 0.1) is 5.92 Å². The summed E-state index contributed by atoms with van der Waals surface area (Å²) in [5.74, 6) is 0.345. The highest BCUT2D eigenvalue weighted by Crippen LogP contribution is 2.32. The first-order chi connectivity index (χ1) is 11.1. The van der Waals surface area contributed by atoms with Crippen LogP contribution >= 0.6 is 0 Å². The number of carbonyl (C=O) groups is 2. The third-order valence-corrected chi connectivity index (χ3v) is 5.14. The molecule has 5 nitrogen and oxygen atoms in total. The summed E-state index contributed by atoms with van der Waals surface area (Å²) in [5.41, 5.74) is 1.38. The van der Waals surface area contributed by atoms with Crippen LogP contribution in [0.3, 0.4) is 0 Å². The van der Waals surface area contributed by atoms with Gasteiger partial charge in [-0.15, -0.1) is 0 Å². The molecule has 0 aromatic heterocycles. The zero-order valence-electron chi connectivity index (χ0n) is 13.8. The van der Waals surface area contributed by atoms with Gasteiger partial charge in [-0.25, -0.2) is 0 Å². The molecule has 0 N–H and O–H groups in total. The zero-order valence-corrected chi connectivity index (χ0v) is 13.8. The monoisotopic (exact) mass is 316 g/mol. The first kappa shape index (κ1) is 16.0. The Morgan fingerprint density at radius 3 is 2.74 bits per heavy atom. The van der Waals surface area contributed by atoms with Crippen LogP contribution in [0.25, 0.3) is 0 Å². The summed E-state index contributed by atoms with van der Waals surface area (Å²) >= 11 is 0. The first-order valence-electron chi connectivity index (χ1n) is 8.24. The van der Waals surface area contributed by atoms with Crippen LogP contribution in [-0.2, 0) is 16.0 Å². The fourth-order valence-electron chi connectivity index (χ4n) is 3.82. The van der Waals surface area contributed by atoms with Gasteiger partial charge in [-0.3, -0.25) is 9.59 Å². The number of ether oxygens (including phenoxy) is 1. The molecule has 3 rings (SSSR count). The highest BCUT2D eigenvalue weighted by molar-refractivity contribution is 5.97. The van der Waals surface area contributed by atoms with Crippen molar-refractivity contribution in [2.75, 3.05) is 33.8 Å². The quantitative estimate of drug-likeness (QED) is 0.794. The third-order valence-electron chi connectivity index (χ3n) is 5.14. The SMILES string of the molecule is COC(=O)Cc1ccccc1C(=O)N1CC[C@H]2CCN(C)C[C@@H]21. The van der Waals surface area contributed by atoms with Gasteiger partial charge in [0.1, 0.15) is 0 Å². The molecule has 2 saturated heterocycles. The van der Waals surface area contributed by atoms with Crippen molar-refractivity contribution >= 4 is 11.9 Å². The van der Waals surface area contributed by atoms with Crippen LogP contribution in [0.2, 0.25) is 0 Å². The summed E-state index contributed by atoms with van der Waals surface area (Å²) in [7, 11) is 3.48. The molecule has 0 saturated carbocycles. The van der Waals surface area contributed by atoms with Crippen LogP contribution in [0.15, 0.2) is 24.3 Å². The Hall–Kier alpha value is -1.88. The summed E-state index contributed by atoms with van der Waals surface area (Å²) in [6, 6.07) is 7.67. The van der Waals surface area contributed by atoms with Crippen LogP contribution in [0.5, 0.6) is 0 Å². The lowest BCUT2D eigenvalue weighted by Gasteiger charge is -2.36. The maximum atomic E-state index is 13.1. The second-order valence-electron chi connectivity index (χ2n) is 6.58.